The maximum atomic E-state index is 6.25. The average molecular weight is 235 g/mol. The Kier molecular flexibility index (Phi) is 2.36. The second kappa shape index (κ2) is 3.71. The summed E-state index contributed by atoms with van der Waals surface area (Å²) >= 11 is 0. The maximum Gasteiger partial charge on any atom is 0.0631 e. The summed E-state index contributed by atoms with van der Waals surface area (Å²) in [5.74, 6) is 3.92. The number of rotatable bonds is 4. The summed E-state index contributed by atoms with van der Waals surface area (Å²) in [4.78, 5) is 0. The number of hydrogen-bond acceptors (Lipinski definition) is 2. The van der Waals surface area contributed by atoms with Gasteiger partial charge in [-0.2, -0.15) is 0 Å². The van der Waals surface area contributed by atoms with Gasteiger partial charge in [0.05, 0.1) is 6.10 Å². The monoisotopic (exact) mass is 235 g/mol. The Hall–Kier alpha value is -0.0800. The molecule has 5 aliphatic carbocycles. The first-order chi connectivity index (χ1) is 8.22. The van der Waals surface area contributed by atoms with E-state index in [1.165, 1.54) is 44.9 Å². The largest absolute Gasteiger partial charge is 0.378 e. The van der Waals surface area contributed by atoms with Crippen LogP contribution in [-0.4, -0.2) is 18.2 Å². The molecule has 0 aromatic rings. The molecule has 0 spiro atoms. The standard InChI is InChI=1S/C15H25NO/c16-15(1-2-15)3-4-17-14-12-6-10-5-11(8-12)9-13(14)7-10/h10-14H,1-9,16H2. The molecule has 2 heteroatoms. The van der Waals surface area contributed by atoms with Gasteiger partial charge in [-0.1, -0.05) is 0 Å². The van der Waals surface area contributed by atoms with Crippen LogP contribution in [-0.2, 0) is 4.74 Å². The van der Waals surface area contributed by atoms with Crippen LogP contribution in [0.25, 0.3) is 0 Å². The third-order valence-corrected chi connectivity index (χ3v) is 5.94. The fourth-order valence-corrected chi connectivity index (χ4v) is 4.96. The first kappa shape index (κ1) is 10.8. The highest BCUT2D eigenvalue weighted by molar-refractivity contribution is 5.00. The minimum atomic E-state index is 0.173. The SMILES string of the molecule is NC1(CCOC2C3CC4CC(C3)CC2C4)CC1. The molecule has 4 bridgehead atoms. The van der Waals surface area contributed by atoms with Gasteiger partial charge in [0.25, 0.3) is 0 Å². The van der Waals surface area contributed by atoms with Gasteiger partial charge in [-0.05, 0) is 75.0 Å². The normalized spacial score (nSPS) is 49.6. The molecular weight excluding hydrogens is 210 g/mol. The first-order valence-electron chi connectivity index (χ1n) is 7.62. The molecule has 0 radical (unpaired) electrons. The van der Waals surface area contributed by atoms with E-state index in [4.69, 9.17) is 10.5 Å². The minimum Gasteiger partial charge on any atom is -0.378 e. The van der Waals surface area contributed by atoms with Crippen LogP contribution in [0.5, 0.6) is 0 Å². The quantitative estimate of drug-likeness (QED) is 0.813. The number of hydrogen-bond donors (Lipinski definition) is 1. The van der Waals surface area contributed by atoms with E-state index in [9.17, 15) is 0 Å². The van der Waals surface area contributed by atoms with Crippen molar-refractivity contribution in [3.8, 4) is 0 Å². The highest BCUT2D eigenvalue weighted by Crippen LogP contribution is 2.54. The molecule has 0 saturated heterocycles. The molecule has 0 amide bonds. The van der Waals surface area contributed by atoms with Crippen LogP contribution in [0, 0.1) is 23.7 Å². The van der Waals surface area contributed by atoms with E-state index in [-0.39, 0.29) is 5.54 Å². The van der Waals surface area contributed by atoms with E-state index >= 15 is 0 Å². The van der Waals surface area contributed by atoms with Crippen LogP contribution in [0.1, 0.15) is 51.4 Å². The number of ether oxygens (including phenoxy) is 1. The fraction of sp³-hybridized carbons (Fsp3) is 1.00. The zero-order valence-electron chi connectivity index (χ0n) is 10.7. The molecule has 0 unspecified atom stereocenters. The summed E-state index contributed by atoms with van der Waals surface area (Å²) in [6.07, 6.45) is 11.5. The molecule has 2 N–H and O–H groups in total. The summed E-state index contributed by atoms with van der Waals surface area (Å²) in [6, 6.07) is 0. The zero-order valence-corrected chi connectivity index (χ0v) is 10.7. The predicted molar refractivity (Wildman–Crippen MR) is 67.6 cm³/mol. The van der Waals surface area contributed by atoms with Crippen LogP contribution < -0.4 is 5.73 Å². The second-order valence-corrected chi connectivity index (χ2v) is 7.38. The smallest absolute Gasteiger partial charge is 0.0631 e. The van der Waals surface area contributed by atoms with Crippen molar-refractivity contribution in [3.63, 3.8) is 0 Å². The molecule has 0 aromatic carbocycles. The first-order valence-corrected chi connectivity index (χ1v) is 7.62. The number of nitrogens with two attached hydrogens (primary N) is 1. The van der Waals surface area contributed by atoms with E-state index in [1.807, 2.05) is 0 Å². The van der Waals surface area contributed by atoms with Crippen molar-refractivity contribution >= 4 is 0 Å². The van der Waals surface area contributed by atoms with Gasteiger partial charge in [0.15, 0.2) is 0 Å². The predicted octanol–water partition coefficient (Wildman–Crippen LogP) is 2.71. The van der Waals surface area contributed by atoms with Gasteiger partial charge < -0.3 is 10.5 Å². The lowest BCUT2D eigenvalue weighted by Gasteiger charge is -2.54. The third-order valence-electron chi connectivity index (χ3n) is 5.94. The van der Waals surface area contributed by atoms with Gasteiger partial charge in [-0.3, -0.25) is 0 Å². The van der Waals surface area contributed by atoms with E-state index in [0.717, 1.165) is 36.7 Å². The maximum absolute atomic E-state index is 6.25. The summed E-state index contributed by atoms with van der Waals surface area (Å²) in [7, 11) is 0. The molecular formula is C15H25NO. The highest BCUT2D eigenvalue weighted by atomic mass is 16.5. The van der Waals surface area contributed by atoms with E-state index in [1.54, 1.807) is 0 Å². The molecule has 17 heavy (non-hydrogen) atoms. The third kappa shape index (κ3) is 1.94. The van der Waals surface area contributed by atoms with Gasteiger partial charge in [-0.15, -0.1) is 0 Å². The molecule has 5 fully saturated rings. The molecule has 2 nitrogen and oxygen atoms in total. The summed E-state index contributed by atoms with van der Waals surface area (Å²) < 4.78 is 6.25. The lowest BCUT2D eigenvalue weighted by Crippen LogP contribution is -2.49. The Balaban J connectivity index is 1.35. The van der Waals surface area contributed by atoms with E-state index < -0.39 is 0 Å². The van der Waals surface area contributed by atoms with E-state index in [2.05, 4.69) is 0 Å². The highest BCUT2D eigenvalue weighted by Gasteiger charge is 2.49. The fourth-order valence-electron chi connectivity index (χ4n) is 4.96. The molecule has 0 heterocycles. The van der Waals surface area contributed by atoms with Crippen LogP contribution in [0.15, 0.2) is 0 Å². The Morgan fingerprint density at radius 1 is 0.941 bits per heavy atom. The van der Waals surface area contributed by atoms with Crippen molar-refractivity contribution < 1.29 is 4.74 Å². The zero-order chi connectivity index (χ0) is 11.5. The van der Waals surface area contributed by atoms with Crippen molar-refractivity contribution in [3.05, 3.63) is 0 Å². The molecule has 5 aliphatic rings. The van der Waals surface area contributed by atoms with Gasteiger partial charge in [-0.25, -0.2) is 0 Å². The topological polar surface area (TPSA) is 35.2 Å². The van der Waals surface area contributed by atoms with Gasteiger partial charge in [0.1, 0.15) is 0 Å². The molecule has 0 aliphatic heterocycles. The van der Waals surface area contributed by atoms with Crippen LogP contribution in [0.3, 0.4) is 0 Å². The van der Waals surface area contributed by atoms with Crippen molar-refractivity contribution in [1.29, 1.82) is 0 Å². The van der Waals surface area contributed by atoms with Crippen molar-refractivity contribution in [2.45, 2.75) is 63.0 Å². The Labute approximate surface area is 104 Å². The minimum absolute atomic E-state index is 0.173. The van der Waals surface area contributed by atoms with E-state index in [0.29, 0.717) is 6.10 Å². The molecule has 5 rings (SSSR count). The Morgan fingerprint density at radius 2 is 1.53 bits per heavy atom. The molecule has 96 valence electrons. The van der Waals surface area contributed by atoms with Crippen molar-refractivity contribution in [1.82, 2.24) is 0 Å². The van der Waals surface area contributed by atoms with Crippen LogP contribution in [0.4, 0.5) is 0 Å². The van der Waals surface area contributed by atoms with Gasteiger partial charge in [0, 0.05) is 12.1 Å². The van der Waals surface area contributed by atoms with Crippen LogP contribution in [0.2, 0.25) is 0 Å². The Bertz CT molecular complexity index is 282. The lowest BCUT2D eigenvalue weighted by molar-refractivity contribution is -0.127. The van der Waals surface area contributed by atoms with Gasteiger partial charge >= 0.3 is 0 Å². The summed E-state index contributed by atoms with van der Waals surface area (Å²) in [5, 5.41) is 0. The van der Waals surface area contributed by atoms with Crippen LogP contribution >= 0.6 is 0 Å². The second-order valence-electron chi connectivity index (χ2n) is 7.38. The molecule has 0 aromatic heterocycles. The lowest BCUT2D eigenvalue weighted by atomic mass is 9.55. The molecule has 5 saturated carbocycles. The molecule has 0 atom stereocenters. The summed E-state index contributed by atoms with van der Waals surface area (Å²) in [5.41, 5.74) is 6.30. The Morgan fingerprint density at radius 3 is 2.06 bits per heavy atom. The summed E-state index contributed by atoms with van der Waals surface area (Å²) in [6.45, 7) is 0.920. The van der Waals surface area contributed by atoms with Crippen molar-refractivity contribution in [2.75, 3.05) is 6.61 Å². The average Bonchev–Trinajstić information content (AvgIpc) is 3.00. The van der Waals surface area contributed by atoms with Gasteiger partial charge in [0.2, 0.25) is 0 Å². The van der Waals surface area contributed by atoms with Crippen molar-refractivity contribution in [2.24, 2.45) is 29.4 Å².